The molecule has 1 N–H and O–H groups in total. The molecule has 25 heavy (non-hydrogen) atoms. The maximum absolute atomic E-state index is 12.6. The molecule has 1 aliphatic heterocycles. The minimum atomic E-state index is -0.221. The zero-order valence-corrected chi connectivity index (χ0v) is 14.2. The summed E-state index contributed by atoms with van der Waals surface area (Å²) in [6, 6.07) is 5.21. The fourth-order valence-corrected chi connectivity index (χ4v) is 3.15. The summed E-state index contributed by atoms with van der Waals surface area (Å²) >= 11 is 0. The normalized spacial score (nSPS) is 17.2. The molecule has 1 saturated heterocycles. The zero-order chi connectivity index (χ0) is 17.6. The zero-order valence-electron chi connectivity index (χ0n) is 14.2. The Morgan fingerprint density at radius 2 is 2.08 bits per heavy atom. The number of carbonyl (C=O) groups is 2. The number of nitrogens with one attached hydrogen (secondary N) is 1. The average Bonchev–Trinajstić information content (AvgIpc) is 2.68. The van der Waals surface area contributed by atoms with Gasteiger partial charge in [0.1, 0.15) is 12.0 Å². The summed E-state index contributed by atoms with van der Waals surface area (Å²) < 4.78 is 0. The summed E-state index contributed by atoms with van der Waals surface area (Å²) in [7, 11) is 1.58. The molecule has 7 heteroatoms. The van der Waals surface area contributed by atoms with Gasteiger partial charge in [-0.05, 0) is 43.4 Å². The van der Waals surface area contributed by atoms with Gasteiger partial charge in [-0.2, -0.15) is 0 Å². The van der Waals surface area contributed by atoms with Crippen molar-refractivity contribution < 1.29 is 9.59 Å². The lowest BCUT2D eigenvalue weighted by molar-refractivity contribution is 0.0672. The van der Waals surface area contributed by atoms with Gasteiger partial charge in [-0.1, -0.05) is 0 Å². The Morgan fingerprint density at radius 1 is 1.28 bits per heavy atom. The van der Waals surface area contributed by atoms with Crippen LogP contribution in [0, 0.1) is 5.92 Å². The summed E-state index contributed by atoms with van der Waals surface area (Å²) in [6.07, 6.45) is 7.43. The van der Waals surface area contributed by atoms with E-state index in [0.29, 0.717) is 23.7 Å². The molecule has 0 radical (unpaired) electrons. The average molecular weight is 339 g/mol. The van der Waals surface area contributed by atoms with Crippen LogP contribution in [0.15, 0.2) is 36.9 Å². The summed E-state index contributed by atoms with van der Waals surface area (Å²) in [5, 5.41) is 2.57. The van der Waals surface area contributed by atoms with Crippen LogP contribution in [0.3, 0.4) is 0 Å². The van der Waals surface area contributed by atoms with Gasteiger partial charge in [-0.3, -0.25) is 14.6 Å². The number of likely N-dealkylation sites (tertiary alicyclic amines) is 1. The number of hydrogen-bond donors (Lipinski definition) is 1. The maximum atomic E-state index is 12.6. The molecule has 0 saturated carbocycles. The first-order chi connectivity index (χ1) is 12.2. The van der Waals surface area contributed by atoms with E-state index in [1.54, 1.807) is 37.6 Å². The number of piperidine rings is 1. The van der Waals surface area contributed by atoms with Gasteiger partial charge in [0.2, 0.25) is 0 Å². The largest absolute Gasteiger partial charge is 0.354 e. The fraction of sp³-hybridized carbons (Fsp3) is 0.389. The monoisotopic (exact) mass is 339 g/mol. The molecule has 3 rings (SSSR count). The summed E-state index contributed by atoms with van der Waals surface area (Å²) in [5.74, 6) is 0.148. The van der Waals surface area contributed by atoms with Crippen LogP contribution in [0.25, 0.3) is 0 Å². The number of hydrogen-bond acceptors (Lipinski definition) is 5. The van der Waals surface area contributed by atoms with E-state index in [1.807, 2.05) is 4.90 Å². The number of aromatic nitrogens is 3. The Morgan fingerprint density at radius 3 is 2.84 bits per heavy atom. The molecule has 0 unspecified atom stereocenters. The molecule has 0 bridgehead atoms. The Balaban J connectivity index is 1.66. The van der Waals surface area contributed by atoms with Crippen molar-refractivity contribution in [3.8, 4) is 0 Å². The van der Waals surface area contributed by atoms with Gasteiger partial charge in [0.15, 0.2) is 0 Å². The second kappa shape index (κ2) is 7.83. The molecule has 7 nitrogen and oxygen atoms in total. The van der Waals surface area contributed by atoms with Gasteiger partial charge in [0.05, 0.1) is 0 Å². The lowest BCUT2D eigenvalue weighted by Gasteiger charge is -2.32. The van der Waals surface area contributed by atoms with Crippen molar-refractivity contribution >= 4 is 11.8 Å². The minimum Gasteiger partial charge on any atom is -0.354 e. The lowest BCUT2D eigenvalue weighted by atomic mass is 9.92. The van der Waals surface area contributed by atoms with Gasteiger partial charge >= 0.3 is 0 Å². The van der Waals surface area contributed by atoms with E-state index in [1.165, 1.54) is 6.33 Å². The number of pyridine rings is 1. The maximum Gasteiger partial charge on any atom is 0.269 e. The van der Waals surface area contributed by atoms with Crippen molar-refractivity contribution in [1.82, 2.24) is 25.2 Å². The number of amides is 2. The molecule has 1 aliphatic rings. The van der Waals surface area contributed by atoms with Crippen LogP contribution in [-0.2, 0) is 6.42 Å². The molecule has 2 aromatic rings. The van der Waals surface area contributed by atoms with Crippen LogP contribution in [0.4, 0.5) is 0 Å². The van der Waals surface area contributed by atoms with Crippen molar-refractivity contribution in [1.29, 1.82) is 0 Å². The van der Waals surface area contributed by atoms with Crippen molar-refractivity contribution in [3.63, 3.8) is 0 Å². The molecule has 2 amide bonds. The highest BCUT2D eigenvalue weighted by Gasteiger charge is 2.25. The quantitative estimate of drug-likeness (QED) is 0.908. The van der Waals surface area contributed by atoms with E-state index in [9.17, 15) is 9.59 Å². The first kappa shape index (κ1) is 17.0. The third kappa shape index (κ3) is 4.17. The standard InChI is InChI=1S/C18H21N5O2/c1-19-17(24)16-10-15(21-12-22-16)9-13-3-2-8-23(11-13)18(25)14-4-6-20-7-5-14/h4-7,10,12-13H,2-3,8-9,11H2,1H3,(H,19,24)/t13-/m1/s1. The third-order valence-corrected chi connectivity index (χ3v) is 4.41. The van der Waals surface area contributed by atoms with Gasteiger partial charge in [0.25, 0.3) is 11.8 Å². The summed E-state index contributed by atoms with van der Waals surface area (Å²) in [6.45, 7) is 1.46. The Labute approximate surface area is 146 Å². The van der Waals surface area contributed by atoms with Crippen molar-refractivity contribution in [2.45, 2.75) is 19.3 Å². The molecule has 0 aliphatic carbocycles. The minimum absolute atomic E-state index is 0.0424. The van der Waals surface area contributed by atoms with E-state index in [2.05, 4.69) is 20.3 Å². The van der Waals surface area contributed by atoms with Crippen LogP contribution in [0.5, 0.6) is 0 Å². The molecule has 0 spiro atoms. The molecule has 0 aromatic carbocycles. The van der Waals surface area contributed by atoms with Crippen molar-refractivity contribution in [2.75, 3.05) is 20.1 Å². The SMILES string of the molecule is CNC(=O)c1cc(C[C@H]2CCCN(C(=O)c3ccncc3)C2)ncn1. The Bertz CT molecular complexity index is 750. The van der Waals surface area contributed by atoms with E-state index in [-0.39, 0.29) is 11.8 Å². The molecular formula is C18H21N5O2. The molecule has 130 valence electrons. The highest BCUT2D eigenvalue weighted by molar-refractivity contribution is 5.94. The van der Waals surface area contributed by atoms with Gasteiger partial charge in [0, 0.05) is 43.8 Å². The molecular weight excluding hydrogens is 318 g/mol. The highest BCUT2D eigenvalue weighted by atomic mass is 16.2. The number of rotatable bonds is 4. The van der Waals surface area contributed by atoms with Gasteiger partial charge in [-0.25, -0.2) is 9.97 Å². The highest BCUT2D eigenvalue weighted by Crippen LogP contribution is 2.21. The van der Waals surface area contributed by atoms with E-state index < -0.39 is 0 Å². The van der Waals surface area contributed by atoms with Crippen LogP contribution in [-0.4, -0.2) is 51.8 Å². The second-order valence-electron chi connectivity index (χ2n) is 6.17. The third-order valence-electron chi connectivity index (χ3n) is 4.41. The molecule has 1 atom stereocenters. The Kier molecular flexibility index (Phi) is 5.33. The van der Waals surface area contributed by atoms with E-state index in [4.69, 9.17) is 0 Å². The first-order valence-corrected chi connectivity index (χ1v) is 8.39. The Hall–Kier alpha value is -2.83. The van der Waals surface area contributed by atoms with Crippen molar-refractivity contribution in [3.05, 3.63) is 53.9 Å². The molecule has 2 aromatic heterocycles. The van der Waals surface area contributed by atoms with Gasteiger partial charge in [-0.15, -0.1) is 0 Å². The summed E-state index contributed by atoms with van der Waals surface area (Å²) in [4.78, 5) is 38.4. The number of nitrogens with zero attached hydrogens (tertiary/aromatic N) is 4. The topological polar surface area (TPSA) is 88.1 Å². The van der Waals surface area contributed by atoms with Crippen LogP contribution in [0.2, 0.25) is 0 Å². The van der Waals surface area contributed by atoms with E-state index >= 15 is 0 Å². The van der Waals surface area contributed by atoms with Crippen LogP contribution >= 0.6 is 0 Å². The van der Waals surface area contributed by atoms with E-state index in [0.717, 1.165) is 31.5 Å². The second-order valence-corrected chi connectivity index (χ2v) is 6.17. The smallest absolute Gasteiger partial charge is 0.269 e. The molecule has 1 fully saturated rings. The lowest BCUT2D eigenvalue weighted by Crippen LogP contribution is -2.40. The summed E-state index contributed by atoms with van der Waals surface area (Å²) in [5.41, 5.74) is 1.87. The fourth-order valence-electron chi connectivity index (χ4n) is 3.15. The van der Waals surface area contributed by atoms with Crippen molar-refractivity contribution in [2.24, 2.45) is 5.92 Å². The predicted molar refractivity (Wildman–Crippen MR) is 92.0 cm³/mol. The van der Waals surface area contributed by atoms with Crippen LogP contribution in [0.1, 0.15) is 39.4 Å². The number of carbonyl (C=O) groups excluding carboxylic acids is 2. The molecule has 3 heterocycles. The van der Waals surface area contributed by atoms with Crippen LogP contribution < -0.4 is 5.32 Å². The predicted octanol–water partition coefficient (Wildman–Crippen LogP) is 1.33. The first-order valence-electron chi connectivity index (χ1n) is 8.39. The van der Waals surface area contributed by atoms with Gasteiger partial charge < -0.3 is 10.2 Å².